The molecule has 0 amide bonds. The van der Waals surface area contributed by atoms with E-state index < -0.39 is 0 Å². The van der Waals surface area contributed by atoms with Crippen molar-refractivity contribution >= 4 is 23.2 Å². The average molecular weight is 274 g/mol. The van der Waals surface area contributed by atoms with E-state index >= 15 is 0 Å². The SMILES string of the molecule is OCC1(NCc2cc(Cl)cc(Cl)c2)CCCC1. The standard InChI is InChI=1S/C13H17Cl2NO/c14-11-5-10(6-12(15)7-11)8-16-13(9-17)3-1-2-4-13/h5-7,16-17H,1-4,8-9H2. The summed E-state index contributed by atoms with van der Waals surface area (Å²) >= 11 is 11.9. The monoisotopic (exact) mass is 273 g/mol. The maximum absolute atomic E-state index is 9.49. The summed E-state index contributed by atoms with van der Waals surface area (Å²) in [7, 11) is 0. The molecule has 0 unspecified atom stereocenters. The zero-order valence-corrected chi connectivity index (χ0v) is 11.2. The first kappa shape index (κ1) is 13.2. The van der Waals surface area contributed by atoms with E-state index in [1.807, 2.05) is 12.1 Å². The molecular weight excluding hydrogens is 257 g/mol. The van der Waals surface area contributed by atoms with Crippen molar-refractivity contribution in [3.8, 4) is 0 Å². The third-order valence-electron chi connectivity index (χ3n) is 3.45. The maximum atomic E-state index is 9.49. The number of nitrogens with one attached hydrogen (secondary N) is 1. The highest BCUT2D eigenvalue weighted by atomic mass is 35.5. The van der Waals surface area contributed by atoms with E-state index in [0.29, 0.717) is 16.6 Å². The number of aliphatic hydroxyl groups excluding tert-OH is 1. The fourth-order valence-electron chi connectivity index (χ4n) is 2.45. The second-order valence-electron chi connectivity index (χ2n) is 4.78. The Morgan fingerprint density at radius 2 is 1.71 bits per heavy atom. The van der Waals surface area contributed by atoms with Gasteiger partial charge in [-0.1, -0.05) is 36.0 Å². The van der Waals surface area contributed by atoms with Crippen LogP contribution in [0, 0.1) is 0 Å². The summed E-state index contributed by atoms with van der Waals surface area (Å²) in [6, 6.07) is 5.53. The van der Waals surface area contributed by atoms with Crippen molar-refractivity contribution < 1.29 is 5.11 Å². The highest BCUT2D eigenvalue weighted by Gasteiger charge is 2.32. The second-order valence-corrected chi connectivity index (χ2v) is 5.65. The van der Waals surface area contributed by atoms with Gasteiger partial charge < -0.3 is 10.4 Å². The highest BCUT2D eigenvalue weighted by Crippen LogP contribution is 2.29. The number of hydrogen-bond acceptors (Lipinski definition) is 2. The fraction of sp³-hybridized carbons (Fsp3) is 0.538. The first-order valence-corrected chi connectivity index (χ1v) is 6.70. The van der Waals surface area contributed by atoms with E-state index in [1.165, 1.54) is 12.8 Å². The minimum absolute atomic E-state index is 0.102. The van der Waals surface area contributed by atoms with Gasteiger partial charge in [-0.15, -0.1) is 0 Å². The lowest BCUT2D eigenvalue weighted by molar-refractivity contribution is 0.163. The van der Waals surface area contributed by atoms with Crippen LogP contribution in [-0.4, -0.2) is 17.3 Å². The van der Waals surface area contributed by atoms with Gasteiger partial charge in [0.1, 0.15) is 0 Å². The molecule has 0 saturated heterocycles. The van der Waals surface area contributed by atoms with Crippen LogP contribution in [0.5, 0.6) is 0 Å². The molecule has 0 radical (unpaired) electrons. The molecule has 94 valence electrons. The maximum Gasteiger partial charge on any atom is 0.0613 e. The molecule has 2 nitrogen and oxygen atoms in total. The molecule has 1 saturated carbocycles. The normalized spacial score (nSPS) is 18.5. The molecule has 1 fully saturated rings. The number of hydrogen-bond donors (Lipinski definition) is 2. The van der Waals surface area contributed by atoms with E-state index in [2.05, 4.69) is 5.32 Å². The van der Waals surface area contributed by atoms with Crippen molar-refractivity contribution in [2.45, 2.75) is 37.8 Å². The summed E-state index contributed by atoms with van der Waals surface area (Å²) in [5.74, 6) is 0. The lowest BCUT2D eigenvalue weighted by atomic mass is 9.98. The molecule has 2 N–H and O–H groups in total. The molecule has 0 bridgehead atoms. The van der Waals surface area contributed by atoms with Gasteiger partial charge in [-0.3, -0.25) is 0 Å². The van der Waals surface area contributed by atoms with Crippen LogP contribution in [0.1, 0.15) is 31.2 Å². The number of halogens is 2. The van der Waals surface area contributed by atoms with Crippen LogP contribution in [0.3, 0.4) is 0 Å². The van der Waals surface area contributed by atoms with Crippen LogP contribution in [0.2, 0.25) is 10.0 Å². The number of benzene rings is 1. The summed E-state index contributed by atoms with van der Waals surface area (Å²) in [4.78, 5) is 0. The first-order valence-electron chi connectivity index (χ1n) is 5.94. The van der Waals surface area contributed by atoms with Crippen molar-refractivity contribution in [2.75, 3.05) is 6.61 Å². The molecule has 0 aromatic heterocycles. The molecule has 4 heteroatoms. The Labute approximate surface area is 112 Å². The zero-order valence-electron chi connectivity index (χ0n) is 9.68. The molecule has 0 heterocycles. The third-order valence-corrected chi connectivity index (χ3v) is 3.89. The largest absolute Gasteiger partial charge is 0.394 e. The molecule has 17 heavy (non-hydrogen) atoms. The van der Waals surface area contributed by atoms with Crippen LogP contribution in [0.4, 0.5) is 0 Å². The van der Waals surface area contributed by atoms with Gasteiger partial charge in [0.25, 0.3) is 0 Å². The van der Waals surface area contributed by atoms with E-state index in [1.54, 1.807) is 6.07 Å². The van der Waals surface area contributed by atoms with Gasteiger partial charge in [0.05, 0.1) is 6.61 Å². The van der Waals surface area contributed by atoms with Crippen molar-refractivity contribution in [1.82, 2.24) is 5.32 Å². The van der Waals surface area contributed by atoms with Crippen LogP contribution < -0.4 is 5.32 Å². The zero-order chi connectivity index (χ0) is 12.3. The molecule has 0 aliphatic heterocycles. The van der Waals surface area contributed by atoms with E-state index in [9.17, 15) is 5.11 Å². The van der Waals surface area contributed by atoms with Crippen molar-refractivity contribution in [3.63, 3.8) is 0 Å². The molecule has 1 aliphatic rings. The van der Waals surface area contributed by atoms with Crippen molar-refractivity contribution in [2.24, 2.45) is 0 Å². The van der Waals surface area contributed by atoms with E-state index in [0.717, 1.165) is 18.4 Å². The third kappa shape index (κ3) is 3.35. The van der Waals surface area contributed by atoms with Crippen LogP contribution >= 0.6 is 23.2 Å². The lowest BCUT2D eigenvalue weighted by Crippen LogP contribution is -2.45. The number of aliphatic hydroxyl groups is 1. The van der Waals surface area contributed by atoms with Gasteiger partial charge in [0.15, 0.2) is 0 Å². The molecule has 0 spiro atoms. The summed E-state index contributed by atoms with van der Waals surface area (Å²) in [5.41, 5.74) is 0.955. The molecule has 2 rings (SSSR count). The minimum Gasteiger partial charge on any atom is -0.394 e. The summed E-state index contributed by atoms with van der Waals surface area (Å²) < 4.78 is 0. The topological polar surface area (TPSA) is 32.3 Å². The molecule has 1 aliphatic carbocycles. The summed E-state index contributed by atoms with van der Waals surface area (Å²) in [6.45, 7) is 0.891. The first-order chi connectivity index (χ1) is 8.13. The number of rotatable bonds is 4. The predicted molar refractivity (Wildman–Crippen MR) is 71.6 cm³/mol. The Hall–Kier alpha value is -0.280. The second kappa shape index (κ2) is 5.57. The van der Waals surface area contributed by atoms with Gasteiger partial charge in [0.2, 0.25) is 0 Å². The van der Waals surface area contributed by atoms with Gasteiger partial charge in [0, 0.05) is 22.1 Å². The van der Waals surface area contributed by atoms with Crippen LogP contribution in [0.15, 0.2) is 18.2 Å². The molecule has 0 atom stereocenters. The van der Waals surface area contributed by atoms with Gasteiger partial charge in [-0.2, -0.15) is 0 Å². The molecule has 1 aromatic carbocycles. The molecule has 1 aromatic rings. The van der Waals surface area contributed by atoms with Gasteiger partial charge in [-0.25, -0.2) is 0 Å². The van der Waals surface area contributed by atoms with Crippen LogP contribution in [-0.2, 0) is 6.54 Å². The highest BCUT2D eigenvalue weighted by molar-refractivity contribution is 6.34. The Kier molecular flexibility index (Phi) is 4.31. The fourth-order valence-corrected chi connectivity index (χ4v) is 3.02. The van der Waals surface area contributed by atoms with Crippen molar-refractivity contribution in [3.05, 3.63) is 33.8 Å². The van der Waals surface area contributed by atoms with Crippen molar-refractivity contribution in [1.29, 1.82) is 0 Å². The Morgan fingerprint density at radius 3 is 2.24 bits per heavy atom. The predicted octanol–water partition coefficient (Wildman–Crippen LogP) is 3.39. The Balaban J connectivity index is 2.01. The molecular formula is C13H17Cl2NO. The minimum atomic E-state index is -0.102. The van der Waals surface area contributed by atoms with Gasteiger partial charge in [-0.05, 0) is 36.6 Å². The summed E-state index contributed by atoms with van der Waals surface area (Å²) in [6.07, 6.45) is 4.45. The lowest BCUT2D eigenvalue weighted by Gasteiger charge is -2.28. The van der Waals surface area contributed by atoms with Gasteiger partial charge >= 0.3 is 0 Å². The van der Waals surface area contributed by atoms with Crippen LogP contribution in [0.25, 0.3) is 0 Å². The quantitative estimate of drug-likeness (QED) is 0.882. The smallest absolute Gasteiger partial charge is 0.0613 e. The Bertz CT molecular complexity index is 369. The summed E-state index contributed by atoms with van der Waals surface area (Å²) in [5, 5.41) is 14.2. The Morgan fingerprint density at radius 1 is 1.12 bits per heavy atom. The van der Waals surface area contributed by atoms with E-state index in [-0.39, 0.29) is 12.1 Å². The van der Waals surface area contributed by atoms with E-state index in [4.69, 9.17) is 23.2 Å². The average Bonchev–Trinajstić information content (AvgIpc) is 2.74.